The fourth-order valence-electron chi connectivity index (χ4n) is 6.31. The lowest BCUT2D eigenvalue weighted by Crippen LogP contribution is -2.54. The number of nitrogens with zero attached hydrogens (tertiary/aromatic N) is 1. The molecule has 1 spiro atoms. The number of allylic oxidation sites excluding steroid dienone is 6. The van der Waals surface area contributed by atoms with Gasteiger partial charge in [0.15, 0.2) is 5.78 Å². The van der Waals surface area contributed by atoms with Gasteiger partial charge in [0.1, 0.15) is 17.7 Å². The summed E-state index contributed by atoms with van der Waals surface area (Å²) >= 11 is 0. The minimum Gasteiger partial charge on any atom is -0.464 e. The molecule has 0 aromatic heterocycles. The van der Waals surface area contributed by atoms with Gasteiger partial charge in [-0.05, 0) is 95.9 Å². The molecule has 4 aliphatic rings. The molecule has 1 unspecified atom stereocenters. The third-order valence-electron chi connectivity index (χ3n) is 8.60. The zero-order chi connectivity index (χ0) is 28.7. The van der Waals surface area contributed by atoms with Crippen LogP contribution in [0.15, 0.2) is 33.9 Å². The number of esters is 1. The second kappa shape index (κ2) is 10.9. The molecule has 9 nitrogen and oxygen atoms in total. The highest BCUT2D eigenvalue weighted by Crippen LogP contribution is 2.63. The number of aliphatic hydroxyl groups is 1. The van der Waals surface area contributed by atoms with Crippen molar-refractivity contribution < 1.29 is 33.8 Å². The quantitative estimate of drug-likeness (QED) is 0.354. The van der Waals surface area contributed by atoms with Crippen LogP contribution < -0.4 is 5.32 Å². The summed E-state index contributed by atoms with van der Waals surface area (Å²) in [6.07, 6.45) is 5.71. The molecule has 4 rings (SSSR count). The number of carbonyl (C=O) groups is 4. The molecular formula is C30H42N2O7. The van der Waals surface area contributed by atoms with Crippen molar-refractivity contribution in [1.29, 1.82) is 0 Å². The number of hydrogen-bond donors (Lipinski definition) is 2. The van der Waals surface area contributed by atoms with Crippen LogP contribution in [0.2, 0.25) is 0 Å². The predicted octanol–water partition coefficient (Wildman–Crippen LogP) is 3.76. The smallest absolute Gasteiger partial charge is 0.408 e. The number of Topliss-reactive ketones (excluding diaryl/α,β-unsaturated/α-hetero) is 1. The zero-order valence-electron chi connectivity index (χ0n) is 24.0. The van der Waals surface area contributed by atoms with Gasteiger partial charge in [-0.3, -0.25) is 9.59 Å². The summed E-state index contributed by atoms with van der Waals surface area (Å²) in [5, 5.41) is 12.1. The van der Waals surface area contributed by atoms with Crippen LogP contribution in [-0.2, 0) is 23.9 Å². The monoisotopic (exact) mass is 542 g/mol. The first kappa shape index (κ1) is 29.1. The van der Waals surface area contributed by atoms with Crippen molar-refractivity contribution in [1.82, 2.24) is 10.2 Å². The molecule has 9 heteroatoms. The summed E-state index contributed by atoms with van der Waals surface area (Å²) in [7, 11) is 0. The highest BCUT2D eigenvalue weighted by molar-refractivity contribution is 6.07. The third kappa shape index (κ3) is 5.69. The van der Waals surface area contributed by atoms with Crippen molar-refractivity contribution in [3.63, 3.8) is 0 Å². The van der Waals surface area contributed by atoms with Crippen LogP contribution in [0.25, 0.3) is 0 Å². The molecule has 0 aromatic rings. The van der Waals surface area contributed by atoms with Crippen molar-refractivity contribution in [3.05, 3.63) is 33.9 Å². The first-order valence-corrected chi connectivity index (χ1v) is 14.1. The van der Waals surface area contributed by atoms with E-state index >= 15 is 0 Å². The number of fused-ring (bicyclic) bond motifs is 1. The van der Waals surface area contributed by atoms with Gasteiger partial charge in [-0.1, -0.05) is 12.5 Å². The maximum absolute atomic E-state index is 13.1. The maximum atomic E-state index is 13.1. The normalized spacial score (nSPS) is 24.5. The van der Waals surface area contributed by atoms with E-state index in [1.54, 1.807) is 20.8 Å². The van der Waals surface area contributed by atoms with Crippen LogP contribution >= 0.6 is 0 Å². The van der Waals surface area contributed by atoms with E-state index in [9.17, 15) is 24.3 Å². The molecule has 1 aliphatic heterocycles. The van der Waals surface area contributed by atoms with Crippen LogP contribution in [0.5, 0.6) is 0 Å². The standard InChI is InChI=1S/C30H42N2O7/c1-17-15-21-24(18(2)30(11-12-30)19(3)25(21)34)20(17)9-8-14-38-27(36)23-10-7-13-32(23)26(35)22(16-33)31-28(37)39-29(4,5)6/h15,19,22-23,33H,7-14,16H2,1-6H3,(H,31,37)/t19-,22?,23+/m1/s1. The van der Waals surface area contributed by atoms with E-state index in [0.29, 0.717) is 32.2 Å². The van der Waals surface area contributed by atoms with Gasteiger partial charge in [-0.2, -0.15) is 0 Å². The Kier molecular flexibility index (Phi) is 8.13. The molecule has 0 aromatic carbocycles. The van der Waals surface area contributed by atoms with E-state index in [1.165, 1.54) is 16.0 Å². The van der Waals surface area contributed by atoms with E-state index in [2.05, 4.69) is 19.2 Å². The van der Waals surface area contributed by atoms with Gasteiger partial charge in [-0.25, -0.2) is 9.59 Å². The van der Waals surface area contributed by atoms with Crippen LogP contribution in [0.1, 0.15) is 80.1 Å². The highest BCUT2D eigenvalue weighted by Gasteiger charge is 2.56. The number of rotatable bonds is 8. The molecule has 214 valence electrons. The van der Waals surface area contributed by atoms with Crippen molar-refractivity contribution in [2.75, 3.05) is 19.8 Å². The molecule has 2 fully saturated rings. The molecule has 0 radical (unpaired) electrons. The lowest BCUT2D eigenvalue weighted by Gasteiger charge is -2.32. The van der Waals surface area contributed by atoms with Crippen LogP contribution in [0.3, 0.4) is 0 Å². The second-order valence-corrected chi connectivity index (χ2v) is 12.3. The predicted molar refractivity (Wildman–Crippen MR) is 144 cm³/mol. The Bertz CT molecular complexity index is 1150. The number of nitrogens with one attached hydrogen (secondary N) is 1. The zero-order valence-corrected chi connectivity index (χ0v) is 24.0. The highest BCUT2D eigenvalue weighted by atomic mass is 16.6. The molecule has 0 bridgehead atoms. The number of ether oxygens (including phenoxy) is 2. The van der Waals surface area contributed by atoms with Crippen molar-refractivity contribution in [2.45, 2.75) is 97.8 Å². The Labute approximate surface area is 230 Å². The first-order chi connectivity index (χ1) is 18.3. The molecule has 1 saturated heterocycles. The molecular weight excluding hydrogens is 500 g/mol. The van der Waals surface area contributed by atoms with E-state index < -0.39 is 42.3 Å². The van der Waals surface area contributed by atoms with Crippen LogP contribution in [0, 0.1) is 11.3 Å². The van der Waals surface area contributed by atoms with Gasteiger partial charge >= 0.3 is 12.1 Å². The Hall–Kier alpha value is -2.94. The number of carbonyl (C=O) groups excluding carboxylic acids is 4. The molecule has 2 N–H and O–H groups in total. The van der Waals surface area contributed by atoms with E-state index in [0.717, 1.165) is 29.6 Å². The lowest BCUT2D eigenvalue weighted by molar-refractivity contribution is -0.154. The number of hydrogen-bond acceptors (Lipinski definition) is 7. The third-order valence-corrected chi connectivity index (χ3v) is 8.60. The number of likely N-dealkylation sites (tertiary alicyclic amines) is 1. The van der Waals surface area contributed by atoms with Gasteiger partial charge in [-0.15, -0.1) is 0 Å². The number of aliphatic hydroxyl groups excluding tert-OH is 1. The molecule has 1 saturated carbocycles. The van der Waals surface area contributed by atoms with E-state index in [-0.39, 0.29) is 23.7 Å². The molecule has 2 amide bonds. The summed E-state index contributed by atoms with van der Waals surface area (Å²) in [4.78, 5) is 52.5. The average molecular weight is 543 g/mol. The first-order valence-electron chi connectivity index (χ1n) is 14.1. The van der Waals surface area contributed by atoms with Gasteiger partial charge in [0.2, 0.25) is 5.91 Å². The van der Waals surface area contributed by atoms with Gasteiger partial charge < -0.3 is 24.8 Å². The van der Waals surface area contributed by atoms with Gasteiger partial charge in [0.05, 0.1) is 13.2 Å². The molecule has 3 aliphatic carbocycles. The summed E-state index contributed by atoms with van der Waals surface area (Å²) < 4.78 is 10.8. The topological polar surface area (TPSA) is 122 Å². The summed E-state index contributed by atoms with van der Waals surface area (Å²) in [5.74, 6) is -0.759. The van der Waals surface area contributed by atoms with Crippen molar-refractivity contribution >= 4 is 23.8 Å². The second-order valence-electron chi connectivity index (χ2n) is 12.3. The fourth-order valence-corrected chi connectivity index (χ4v) is 6.31. The van der Waals surface area contributed by atoms with Crippen LogP contribution in [-0.4, -0.2) is 71.2 Å². The largest absolute Gasteiger partial charge is 0.464 e. The van der Waals surface area contributed by atoms with Crippen molar-refractivity contribution in [2.24, 2.45) is 11.3 Å². The fraction of sp³-hybridized carbons (Fsp3) is 0.667. The number of amides is 2. The Morgan fingerprint density at radius 3 is 2.54 bits per heavy atom. The molecule has 1 heterocycles. The molecule has 39 heavy (non-hydrogen) atoms. The Morgan fingerprint density at radius 2 is 1.92 bits per heavy atom. The van der Waals surface area contributed by atoms with E-state index in [1.807, 2.05) is 13.0 Å². The minimum atomic E-state index is -1.21. The molecule has 3 atom stereocenters. The average Bonchev–Trinajstić information content (AvgIpc) is 3.39. The van der Waals surface area contributed by atoms with Crippen molar-refractivity contribution in [3.8, 4) is 0 Å². The lowest BCUT2D eigenvalue weighted by atomic mass is 9.70. The van der Waals surface area contributed by atoms with Crippen LogP contribution in [0.4, 0.5) is 4.79 Å². The minimum absolute atomic E-state index is 0.0231. The summed E-state index contributed by atoms with van der Waals surface area (Å²) in [6, 6.07) is -1.97. The SMILES string of the molecule is CC1=C(CCCOC(=O)[C@@H]2CCCN2C(=O)C(CO)NC(=O)OC(C)(C)C)C2=C(C)C3(CC3)[C@H](C)C(=O)C2=C1. The number of ketones is 1. The van der Waals surface area contributed by atoms with E-state index in [4.69, 9.17) is 9.47 Å². The Balaban J connectivity index is 1.31. The van der Waals surface area contributed by atoms with Gasteiger partial charge in [0.25, 0.3) is 0 Å². The summed E-state index contributed by atoms with van der Waals surface area (Å²) in [5.41, 5.74) is 4.81. The van der Waals surface area contributed by atoms with Gasteiger partial charge in [0, 0.05) is 23.5 Å². The maximum Gasteiger partial charge on any atom is 0.408 e. The Morgan fingerprint density at radius 1 is 1.23 bits per heavy atom. The summed E-state index contributed by atoms with van der Waals surface area (Å²) in [6.45, 7) is 11.3. The number of alkyl carbamates (subject to hydrolysis) is 1.